The fraction of sp³-hybridized carbons (Fsp3) is 0.182. The van der Waals surface area contributed by atoms with Crippen LogP contribution >= 0.6 is 0 Å². The van der Waals surface area contributed by atoms with Crippen LogP contribution in [-0.4, -0.2) is 16.3 Å². The van der Waals surface area contributed by atoms with Crippen molar-refractivity contribution in [3.05, 3.63) is 40.2 Å². The summed E-state index contributed by atoms with van der Waals surface area (Å²) in [6.07, 6.45) is 1.38. The number of fused-ring (bicyclic) bond motifs is 1. The van der Waals surface area contributed by atoms with E-state index in [1.807, 2.05) is 0 Å². The van der Waals surface area contributed by atoms with Crippen molar-refractivity contribution in [1.29, 1.82) is 0 Å². The molecule has 0 radical (unpaired) electrons. The lowest BCUT2D eigenvalue weighted by Gasteiger charge is -2.00. The molecule has 0 spiro atoms. The number of H-pyrrole nitrogens is 1. The van der Waals surface area contributed by atoms with Crippen LogP contribution in [0, 0.1) is 5.82 Å². The lowest BCUT2D eigenvalue weighted by molar-refractivity contribution is -0.107. The molecule has 0 bridgehead atoms. The Hall–Kier alpha value is -2.04. The van der Waals surface area contributed by atoms with Gasteiger partial charge >= 0.3 is 0 Å². The fourth-order valence-corrected chi connectivity index (χ4v) is 1.48. The Kier molecular flexibility index (Phi) is 2.76. The quantitative estimate of drug-likeness (QED) is 0.790. The molecule has 0 unspecified atom stereocenters. The number of benzene rings is 1. The highest BCUT2D eigenvalue weighted by Gasteiger charge is 2.04. The Balaban J connectivity index is 2.56. The molecule has 0 amide bonds. The number of nitrogens with zero attached hydrogens (tertiary/aromatic N) is 1. The van der Waals surface area contributed by atoms with Crippen LogP contribution in [0.4, 0.5) is 4.39 Å². The predicted molar refractivity (Wildman–Crippen MR) is 56.7 cm³/mol. The van der Waals surface area contributed by atoms with E-state index in [4.69, 9.17) is 0 Å². The lowest BCUT2D eigenvalue weighted by Crippen LogP contribution is -2.12. The van der Waals surface area contributed by atoms with E-state index in [1.54, 1.807) is 0 Å². The second kappa shape index (κ2) is 4.22. The zero-order chi connectivity index (χ0) is 11.5. The minimum absolute atomic E-state index is 0.282. The molecule has 0 fully saturated rings. The normalized spacial score (nSPS) is 10.6. The number of aromatic nitrogens is 2. The zero-order valence-electron chi connectivity index (χ0n) is 8.37. The van der Waals surface area contributed by atoms with E-state index < -0.39 is 5.82 Å². The molecule has 0 aliphatic heterocycles. The first-order chi connectivity index (χ1) is 7.70. The SMILES string of the molecule is O=CCCc1nc2cc(F)ccc2c(=O)[nH]1. The first-order valence-electron chi connectivity index (χ1n) is 4.83. The number of nitrogens with one attached hydrogen (secondary N) is 1. The summed E-state index contributed by atoms with van der Waals surface area (Å²) in [7, 11) is 0. The minimum Gasteiger partial charge on any atom is -0.310 e. The Bertz CT molecular complexity index is 592. The molecule has 16 heavy (non-hydrogen) atoms. The van der Waals surface area contributed by atoms with Crippen LogP contribution in [0.3, 0.4) is 0 Å². The number of rotatable bonds is 3. The number of aryl methyl sites for hydroxylation is 1. The van der Waals surface area contributed by atoms with Gasteiger partial charge in [0.25, 0.3) is 5.56 Å². The summed E-state index contributed by atoms with van der Waals surface area (Å²) in [5.74, 6) is -0.0397. The Morgan fingerprint density at radius 3 is 3.00 bits per heavy atom. The fourth-order valence-electron chi connectivity index (χ4n) is 1.48. The summed E-state index contributed by atoms with van der Waals surface area (Å²) < 4.78 is 12.9. The van der Waals surface area contributed by atoms with Crippen molar-refractivity contribution < 1.29 is 9.18 Å². The second-order valence-corrected chi connectivity index (χ2v) is 3.38. The average Bonchev–Trinajstić information content (AvgIpc) is 2.25. The molecule has 1 heterocycles. The maximum Gasteiger partial charge on any atom is 0.258 e. The second-order valence-electron chi connectivity index (χ2n) is 3.38. The van der Waals surface area contributed by atoms with E-state index in [0.717, 1.165) is 6.29 Å². The van der Waals surface area contributed by atoms with E-state index in [9.17, 15) is 14.0 Å². The maximum absolute atomic E-state index is 12.9. The van der Waals surface area contributed by atoms with Crippen molar-refractivity contribution in [2.24, 2.45) is 0 Å². The Labute approximate surface area is 90.1 Å². The van der Waals surface area contributed by atoms with Crippen molar-refractivity contribution in [1.82, 2.24) is 9.97 Å². The van der Waals surface area contributed by atoms with Gasteiger partial charge in [0.05, 0.1) is 10.9 Å². The first kappa shape index (κ1) is 10.5. The summed E-state index contributed by atoms with van der Waals surface area (Å²) in [4.78, 5) is 28.4. The van der Waals surface area contributed by atoms with E-state index in [0.29, 0.717) is 23.1 Å². The molecule has 2 aromatic rings. The monoisotopic (exact) mass is 220 g/mol. The van der Waals surface area contributed by atoms with Gasteiger partial charge in [-0.3, -0.25) is 4.79 Å². The van der Waals surface area contributed by atoms with Crippen LogP contribution in [0.5, 0.6) is 0 Å². The molecular formula is C11H9FN2O2. The number of aldehydes is 1. The molecule has 1 aromatic heterocycles. The molecule has 0 saturated heterocycles. The number of hydrogen-bond donors (Lipinski definition) is 1. The summed E-state index contributed by atoms with van der Waals surface area (Å²) >= 11 is 0. The summed E-state index contributed by atoms with van der Waals surface area (Å²) in [5.41, 5.74) is -0.00412. The molecule has 82 valence electrons. The highest BCUT2D eigenvalue weighted by Crippen LogP contribution is 2.09. The van der Waals surface area contributed by atoms with Gasteiger partial charge in [-0.15, -0.1) is 0 Å². The van der Waals surface area contributed by atoms with Gasteiger partial charge in [0.1, 0.15) is 17.9 Å². The summed E-state index contributed by atoms with van der Waals surface area (Å²) in [6.45, 7) is 0. The third-order valence-electron chi connectivity index (χ3n) is 2.22. The molecule has 0 atom stereocenters. The van der Waals surface area contributed by atoms with Gasteiger partial charge in [-0.25, -0.2) is 9.37 Å². The first-order valence-corrected chi connectivity index (χ1v) is 4.83. The summed E-state index contributed by atoms with van der Waals surface area (Å²) in [6, 6.07) is 3.80. The predicted octanol–water partition coefficient (Wildman–Crippen LogP) is 1.19. The van der Waals surface area contributed by atoms with Crippen molar-refractivity contribution in [3.8, 4) is 0 Å². The Morgan fingerprint density at radius 1 is 1.44 bits per heavy atom. The third-order valence-corrected chi connectivity index (χ3v) is 2.22. The zero-order valence-corrected chi connectivity index (χ0v) is 8.37. The van der Waals surface area contributed by atoms with Gasteiger partial charge in [-0.2, -0.15) is 0 Å². The molecule has 0 aliphatic carbocycles. The smallest absolute Gasteiger partial charge is 0.258 e. The molecule has 0 aliphatic rings. The number of hydrogen-bond acceptors (Lipinski definition) is 3. The van der Waals surface area contributed by atoms with Crippen LogP contribution in [0.2, 0.25) is 0 Å². The van der Waals surface area contributed by atoms with Gasteiger partial charge in [-0.05, 0) is 12.1 Å². The van der Waals surface area contributed by atoms with Crippen LogP contribution < -0.4 is 5.56 Å². The van der Waals surface area contributed by atoms with Crippen molar-refractivity contribution >= 4 is 17.2 Å². The largest absolute Gasteiger partial charge is 0.310 e. The standard InChI is InChI=1S/C11H9FN2O2/c12-7-3-4-8-9(6-7)13-10(2-1-5-15)14-11(8)16/h3-6H,1-2H2,(H,13,14,16). The number of halogens is 1. The van der Waals surface area contributed by atoms with Gasteiger partial charge < -0.3 is 9.78 Å². The molecule has 5 heteroatoms. The average molecular weight is 220 g/mol. The van der Waals surface area contributed by atoms with Crippen LogP contribution in [0.15, 0.2) is 23.0 Å². The van der Waals surface area contributed by atoms with E-state index in [-0.39, 0.29) is 12.0 Å². The third kappa shape index (κ3) is 1.98. The highest BCUT2D eigenvalue weighted by molar-refractivity contribution is 5.77. The molecule has 2 rings (SSSR count). The van der Waals surface area contributed by atoms with E-state index in [1.165, 1.54) is 18.2 Å². The van der Waals surface area contributed by atoms with E-state index in [2.05, 4.69) is 9.97 Å². The number of aromatic amines is 1. The van der Waals surface area contributed by atoms with Crippen molar-refractivity contribution in [3.63, 3.8) is 0 Å². The van der Waals surface area contributed by atoms with Gasteiger partial charge in [-0.1, -0.05) is 0 Å². The minimum atomic E-state index is -0.438. The van der Waals surface area contributed by atoms with Crippen molar-refractivity contribution in [2.45, 2.75) is 12.8 Å². The van der Waals surface area contributed by atoms with Gasteiger partial charge in [0.15, 0.2) is 0 Å². The summed E-state index contributed by atoms with van der Waals surface area (Å²) in [5, 5.41) is 0.344. The van der Waals surface area contributed by atoms with Crippen molar-refractivity contribution in [2.75, 3.05) is 0 Å². The van der Waals surface area contributed by atoms with E-state index >= 15 is 0 Å². The van der Waals surface area contributed by atoms with Gasteiger partial charge in [0, 0.05) is 18.9 Å². The lowest BCUT2D eigenvalue weighted by atomic mass is 10.2. The number of carbonyl (C=O) groups is 1. The molecule has 1 aromatic carbocycles. The number of carbonyl (C=O) groups excluding carboxylic acids is 1. The molecule has 1 N–H and O–H groups in total. The maximum atomic E-state index is 12.9. The molecule has 0 saturated carbocycles. The van der Waals surface area contributed by atoms with Crippen LogP contribution in [0.1, 0.15) is 12.2 Å². The highest BCUT2D eigenvalue weighted by atomic mass is 19.1. The molecular weight excluding hydrogens is 211 g/mol. The van der Waals surface area contributed by atoms with Gasteiger partial charge in [0.2, 0.25) is 0 Å². The Morgan fingerprint density at radius 2 is 2.25 bits per heavy atom. The van der Waals surface area contributed by atoms with Crippen LogP contribution in [-0.2, 0) is 11.2 Å². The van der Waals surface area contributed by atoms with Crippen LogP contribution in [0.25, 0.3) is 10.9 Å². The topological polar surface area (TPSA) is 62.8 Å². The molecule has 4 nitrogen and oxygen atoms in total.